The lowest BCUT2D eigenvalue weighted by Crippen LogP contribution is -2.05. The summed E-state index contributed by atoms with van der Waals surface area (Å²) < 4.78 is 16.8. The normalized spacial score (nSPS) is 10.5. The van der Waals surface area contributed by atoms with Gasteiger partial charge in [0.2, 0.25) is 0 Å². The lowest BCUT2D eigenvalue weighted by molar-refractivity contribution is 0.269. The summed E-state index contributed by atoms with van der Waals surface area (Å²) in [4.78, 5) is 11.9. The Bertz CT molecular complexity index is 1030. The zero-order valence-electron chi connectivity index (χ0n) is 14.7. The predicted molar refractivity (Wildman–Crippen MR) is 98.5 cm³/mol. The zero-order chi connectivity index (χ0) is 18.5. The standard InChI is InChI=1S/C21H19NO4/c1-3-14-5-7-17-16(11-21(23)26-19(17)9-14)13-25-18-8-6-15(12-22)10-20(18)24-4-2/h5-11H,3-4,13H2,1-2H3. The molecule has 0 saturated carbocycles. The molecule has 1 aromatic heterocycles. The van der Waals surface area contributed by atoms with Gasteiger partial charge in [-0.1, -0.05) is 19.1 Å². The Balaban J connectivity index is 1.93. The SMILES string of the molecule is CCOc1cc(C#N)ccc1OCc1cc(=O)oc2cc(CC)ccc12. The minimum Gasteiger partial charge on any atom is -0.490 e. The zero-order valence-corrected chi connectivity index (χ0v) is 14.7. The van der Waals surface area contributed by atoms with Gasteiger partial charge >= 0.3 is 5.63 Å². The molecule has 0 atom stereocenters. The first kappa shape index (κ1) is 17.6. The summed E-state index contributed by atoms with van der Waals surface area (Å²) in [7, 11) is 0. The first-order chi connectivity index (χ1) is 12.6. The van der Waals surface area contributed by atoms with E-state index in [1.807, 2.05) is 32.0 Å². The van der Waals surface area contributed by atoms with Gasteiger partial charge in [-0.25, -0.2) is 4.79 Å². The van der Waals surface area contributed by atoms with Crippen LogP contribution in [-0.2, 0) is 13.0 Å². The van der Waals surface area contributed by atoms with Crippen LogP contribution in [-0.4, -0.2) is 6.61 Å². The van der Waals surface area contributed by atoms with Crippen molar-refractivity contribution in [1.29, 1.82) is 5.26 Å². The van der Waals surface area contributed by atoms with Crippen LogP contribution in [0.15, 0.2) is 51.7 Å². The Hall–Kier alpha value is -3.26. The van der Waals surface area contributed by atoms with Crippen LogP contribution in [0.25, 0.3) is 11.0 Å². The van der Waals surface area contributed by atoms with Crippen molar-refractivity contribution in [2.24, 2.45) is 0 Å². The van der Waals surface area contributed by atoms with Gasteiger partial charge in [0.25, 0.3) is 0 Å². The molecule has 0 unspecified atom stereocenters. The van der Waals surface area contributed by atoms with E-state index in [0.29, 0.717) is 29.3 Å². The molecule has 0 aliphatic heterocycles. The van der Waals surface area contributed by atoms with Crippen molar-refractivity contribution in [2.45, 2.75) is 26.9 Å². The van der Waals surface area contributed by atoms with E-state index < -0.39 is 5.63 Å². The number of nitrogens with zero attached hydrogens (tertiary/aromatic N) is 1. The number of benzene rings is 2. The summed E-state index contributed by atoms with van der Waals surface area (Å²) in [6.45, 7) is 4.57. The molecule has 0 saturated heterocycles. The number of nitriles is 1. The van der Waals surface area contributed by atoms with Crippen molar-refractivity contribution < 1.29 is 13.9 Å². The number of rotatable bonds is 6. The van der Waals surface area contributed by atoms with E-state index in [1.54, 1.807) is 18.2 Å². The number of hydrogen-bond acceptors (Lipinski definition) is 5. The quantitative estimate of drug-likeness (QED) is 0.624. The van der Waals surface area contributed by atoms with Gasteiger partial charge in [0, 0.05) is 23.1 Å². The number of hydrogen-bond donors (Lipinski definition) is 0. The van der Waals surface area contributed by atoms with E-state index >= 15 is 0 Å². The van der Waals surface area contributed by atoms with Crippen molar-refractivity contribution in [2.75, 3.05) is 6.61 Å². The monoisotopic (exact) mass is 349 g/mol. The van der Waals surface area contributed by atoms with Crippen LogP contribution < -0.4 is 15.1 Å². The maximum absolute atomic E-state index is 11.9. The molecule has 3 rings (SSSR count). The average Bonchev–Trinajstić information content (AvgIpc) is 2.66. The van der Waals surface area contributed by atoms with Gasteiger partial charge in [-0.2, -0.15) is 5.26 Å². The van der Waals surface area contributed by atoms with Gasteiger partial charge in [-0.05, 0) is 37.1 Å². The second-order valence-electron chi connectivity index (χ2n) is 5.77. The van der Waals surface area contributed by atoms with Crippen molar-refractivity contribution >= 4 is 11.0 Å². The molecular weight excluding hydrogens is 330 g/mol. The molecule has 0 aliphatic rings. The molecule has 2 aromatic carbocycles. The summed E-state index contributed by atoms with van der Waals surface area (Å²) in [5.41, 5.74) is 2.49. The Morgan fingerprint density at radius 3 is 2.62 bits per heavy atom. The van der Waals surface area contributed by atoms with Gasteiger partial charge in [0.05, 0.1) is 18.2 Å². The van der Waals surface area contributed by atoms with Gasteiger partial charge in [-0.3, -0.25) is 0 Å². The molecule has 0 fully saturated rings. The van der Waals surface area contributed by atoms with E-state index in [0.717, 1.165) is 22.9 Å². The fourth-order valence-electron chi connectivity index (χ4n) is 2.73. The number of ether oxygens (including phenoxy) is 2. The summed E-state index contributed by atoms with van der Waals surface area (Å²) in [6.07, 6.45) is 0.864. The molecule has 26 heavy (non-hydrogen) atoms. The van der Waals surface area contributed by atoms with Crippen LogP contribution in [0.4, 0.5) is 0 Å². The highest BCUT2D eigenvalue weighted by molar-refractivity contribution is 5.80. The Labute approximate surface area is 151 Å². The van der Waals surface area contributed by atoms with Crippen LogP contribution in [0.2, 0.25) is 0 Å². The van der Waals surface area contributed by atoms with E-state index in [9.17, 15) is 4.79 Å². The van der Waals surface area contributed by atoms with E-state index in [1.165, 1.54) is 6.07 Å². The van der Waals surface area contributed by atoms with E-state index in [2.05, 4.69) is 6.07 Å². The maximum Gasteiger partial charge on any atom is 0.336 e. The van der Waals surface area contributed by atoms with Gasteiger partial charge < -0.3 is 13.9 Å². The Kier molecular flexibility index (Phi) is 5.23. The topological polar surface area (TPSA) is 72.5 Å². The van der Waals surface area contributed by atoms with Crippen molar-refractivity contribution in [3.63, 3.8) is 0 Å². The molecule has 5 heteroatoms. The lowest BCUT2D eigenvalue weighted by atomic mass is 10.1. The molecule has 0 bridgehead atoms. The third kappa shape index (κ3) is 3.70. The molecule has 132 valence electrons. The van der Waals surface area contributed by atoms with Gasteiger partial charge in [-0.15, -0.1) is 0 Å². The minimum absolute atomic E-state index is 0.194. The first-order valence-corrected chi connectivity index (χ1v) is 8.50. The second kappa shape index (κ2) is 7.75. The fourth-order valence-corrected chi connectivity index (χ4v) is 2.73. The van der Waals surface area contributed by atoms with Gasteiger partial charge in [0.15, 0.2) is 11.5 Å². The first-order valence-electron chi connectivity index (χ1n) is 8.50. The molecule has 0 amide bonds. The predicted octanol–water partition coefficient (Wildman–Crippen LogP) is 4.20. The highest BCUT2D eigenvalue weighted by Gasteiger charge is 2.10. The minimum atomic E-state index is -0.408. The van der Waals surface area contributed by atoms with E-state index in [4.69, 9.17) is 19.2 Å². The third-order valence-corrected chi connectivity index (χ3v) is 4.06. The van der Waals surface area contributed by atoms with Crippen molar-refractivity contribution in [3.05, 3.63) is 69.6 Å². The molecule has 0 radical (unpaired) electrons. The maximum atomic E-state index is 11.9. The third-order valence-electron chi connectivity index (χ3n) is 4.06. The largest absolute Gasteiger partial charge is 0.490 e. The smallest absolute Gasteiger partial charge is 0.336 e. The van der Waals surface area contributed by atoms with Gasteiger partial charge in [0.1, 0.15) is 12.2 Å². The van der Waals surface area contributed by atoms with Crippen molar-refractivity contribution in [1.82, 2.24) is 0 Å². The molecule has 0 spiro atoms. The van der Waals surface area contributed by atoms with Crippen molar-refractivity contribution in [3.8, 4) is 17.6 Å². The molecule has 0 aliphatic carbocycles. The van der Waals surface area contributed by atoms with Crippen LogP contribution in [0.1, 0.15) is 30.5 Å². The lowest BCUT2D eigenvalue weighted by Gasteiger charge is -2.13. The van der Waals surface area contributed by atoms with Crippen LogP contribution >= 0.6 is 0 Å². The summed E-state index contributed by atoms with van der Waals surface area (Å²) in [6, 6.07) is 14.4. The summed E-state index contributed by atoms with van der Waals surface area (Å²) >= 11 is 0. The van der Waals surface area contributed by atoms with Crippen LogP contribution in [0.3, 0.4) is 0 Å². The fraction of sp³-hybridized carbons (Fsp3) is 0.238. The Morgan fingerprint density at radius 1 is 1.04 bits per heavy atom. The average molecular weight is 349 g/mol. The molecule has 1 heterocycles. The highest BCUT2D eigenvalue weighted by atomic mass is 16.5. The summed E-state index contributed by atoms with van der Waals surface area (Å²) in [5, 5.41) is 9.87. The highest BCUT2D eigenvalue weighted by Crippen LogP contribution is 2.30. The Morgan fingerprint density at radius 2 is 1.88 bits per heavy atom. The van der Waals surface area contributed by atoms with Crippen LogP contribution in [0.5, 0.6) is 11.5 Å². The molecular formula is C21H19NO4. The second-order valence-corrected chi connectivity index (χ2v) is 5.77. The summed E-state index contributed by atoms with van der Waals surface area (Å²) in [5.74, 6) is 1.03. The van der Waals surface area contributed by atoms with Crippen LogP contribution in [0, 0.1) is 11.3 Å². The van der Waals surface area contributed by atoms with E-state index in [-0.39, 0.29) is 6.61 Å². The molecule has 0 N–H and O–H groups in total. The molecule has 3 aromatic rings. The number of fused-ring (bicyclic) bond motifs is 1. The number of aryl methyl sites for hydroxylation is 1. The molecule has 5 nitrogen and oxygen atoms in total.